The van der Waals surface area contributed by atoms with E-state index in [1.54, 1.807) is 21.8 Å². The summed E-state index contributed by atoms with van der Waals surface area (Å²) in [4.78, 5) is 2.29. The minimum atomic E-state index is -3.34. The average Bonchev–Trinajstić information content (AvgIpc) is 3.31. The predicted octanol–water partition coefficient (Wildman–Crippen LogP) is 1.54. The number of hydrogen-bond donors (Lipinski definition) is 0. The highest BCUT2D eigenvalue weighted by atomic mass is 32.2. The molecule has 0 amide bonds. The lowest BCUT2D eigenvalue weighted by Crippen LogP contribution is -2.48. The smallest absolute Gasteiger partial charge is 0.252 e. The zero-order valence-corrected chi connectivity index (χ0v) is 16.6. The second-order valence-corrected chi connectivity index (χ2v) is 9.72. The molecular formula is C17H24N4O3S2. The van der Waals surface area contributed by atoms with Crippen molar-refractivity contribution in [2.45, 2.75) is 37.3 Å². The Morgan fingerprint density at radius 3 is 2.77 bits per heavy atom. The quantitative estimate of drug-likeness (QED) is 0.767. The van der Waals surface area contributed by atoms with Gasteiger partial charge in [-0.15, -0.1) is 11.3 Å². The minimum Gasteiger partial charge on any atom is -0.376 e. The first-order chi connectivity index (χ1) is 12.6. The van der Waals surface area contributed by atoms with Crippen molar-refractivity contribution in [3.05, 3.63) is 34.5 Å². The van der Waals surface area contributed by atoms with Crippen LogP contribution in [0.3, 0.4) is 0 Å². The van der Waals surface area contributed by atoms with E-state index in [9.17, 15) is 8.42 Å². The molecule has 2 aliphatic rings. The van der Waals surface area contributed by atoms with Crippen molar-refractivity contribution in [3.63, 3.8) is 0 Å². The largest absolute Gasteiger partial charge is 0.376 e. The Balaban J connectivity index is 1.43. The molecule has 2 aromatic rings. The third kappa shape index (κ3) is 3.34. The lowest BCUT2D eigenvalue weighted by molar-refractivity contribution is 0.107. The monoisotopic (exact) mass is 396 g/mol. The molecule has 2 aromatic heterocycles. The molecule has 0 unspecified atom stereocenters. The molecule has 1 fully saturated rings. The molecule has 9 heteroatoms. The second-order valence-electron chi connectivity index (χ2n) is 6.60. The minimum absolute atomic E-state index is 0.429. The van der Waals surface area contributed by atoms with Gasteiger partial charge in [-0.05, 0) is 18.4 Å². The Morgan fingerprint density at radius 1 is 1.27 bits per heavy atom. The van der Waals surface area contributed by atoms with Crippen LogP contribution < -0.4 is 0 Å². The molecule has 2 aliphatic heterocycles. The molecule has 4 heterocycles. The van der Waals surface area contributed by atoms with Gasteiger partial charge in [0, 0.05) is 56.9 Å². The van der Waals surface area contributed by atoms with Crippen molar-refractivity contribution in [2.75, 3.05) is 32.8 Å². The summed E-state index contributed by atoms with van der Waals surface area (Å²) in [6, 6.07) is 3.46. The van der Waals surface area contributed by atoms with Crippen molar-refractivity contribution in [1.82, 2.24) is 19.0 Å². The zero-order valence-electron chi connectivity index (χ0n) is 14.9. The molecule has 142 valence electrons. The fraction of sp³-hybridized carbons (Fsp3) is 0.588. The number of ether oxygens (including phenoxy) is 1. The number of nitrogens with zero attached hydrogens (tertiary/aromatic N) is 4. The number of rotatable bonds is 5. The number of hydrogen-bond acceptors (Lipinski definition) is 6. The third-order valence-electron chi connectivity index (χ3n) is 5.07. The molecule has 0 aliphatic carbocycles. The molecule has 0 atom stereocenters. The Hall–Kier alpha value is -1.26. The number of sulfonamides is 1. The zero-order chi connectivity index (χ0) is 18.1. The average molecular weight is 397 g/mol. The number of piperazine rings is 1. The first kappa shape index (κ1) is 18.1. The Morgan fingerprint density at radius 2 is 2.08 bits per heavy atom. The third-order valence-corrected chi connectivity index (χ3v) is 8.34. The van der Waals surface area contributed by atoms with Crippen LogP contribution in [-0.2, 0) is 40.9 Å². The maximum absolute atomic E-state index is 12.6. The summed E-state index contributed by atoms with van der Waals surface area (Å²) in [6.07, 6.45) is 0.920. The van der Waals surface area contributed by atoms with Gasteiger partial charge in [-0.25, -0.2) is 8.42 Å². The van der Waals surface area contributed by atoms with E-state index in [4.69, 9.17) is 9.84 Å². The molecule has 4 rings (SSSR count). The normalized spacial score (nSPS) is 19.6. The highest BCUT2D eigenvalue weighted by molar-refractivity contribution is 7.91. The van der Waals surface area contributed by atoms with Crippen LogP contribution in [-0.4, -0.2) is 60.2 Å². The molecular weight excluding hydrogens is 372 g/mol. The lowest BCUT2D eigenvalue weighted by Gasteiger charge is -2.33. The van der Waals surface area contributed by atoms with Gasteiger partial charge >= 0.3 is 0 Å². The van der Waals surface area contributed by atoms with E-state index in [-0.39, 0.29) is 0 Å². The van der Waals surface area contributed by atoms with Crippen LogP contribution in [0.2, 0.25) is 0 Å². The standard InChI is InChI=1S/C17H24N4O3S2/c1-2-21-16-5-10-24-13-14(16)15(18-21)12-19-6-8-20(9-7-19)26(22,23)17-4-3-11-25-17/h3-4,11H,2,5-10,12-13H2,1H3. The van der Waals surface area contributed by atoms with Crippen LogP contribution in [0.1, 0.15) is 23.9 Å². The first-order valence-electron chi connectivity index (χ1n) is 9.00. The SMILES string of the molecule is CCn1nc(CN2CCN(S(=O)(=O)c3cccs3)CC2)c2c1CCOC2. The predicted molar refractivity (Wildman–Crippen MR) is 99.6 cm³/mol. The van der Waals surface area contributed by atoms with Gasteiger partial charge in [0.05, 0.1) is 18.9 Å². The Bertz CT molecular complexity index is 853. The molecule has 1 saturated heterocycles. The van der Waals surface area contributed by atoms with Crippen molar-refractivity contribution < 1.29 is 13.2 Å². The summed E-state index contributed by atoms with van der Waals surface area (Å²) in [5, 5.41) is 6.58. The fourth-order valence-electron chi connectivity index (χ4n) is 3.64. The van der Waals surface area contributed by atoms with Crippen molar-refractivity contribution in [2.24, 2.45) is 0 Å². The highest BCUT2D eigenvalue weighted by Crippen LogP contribution is 2.25. The van der Waals surface area contributed by atoms with Crippen molar-refractivity contribution >= 4 is 21.4 Å². The van der Waals surface area contributed by atoms with Crippen LogP contribution in [0.15, 0.2) is 21.7 Å². The number of thiophene rings is 1. The first-order valence-corrected chi connectivity index (χ1v) is 11.3. The van der Waals surface area contributed by atoms with Crippen LogP contribution in [0.4, 0.5) is 0 Å². The molecule has 0 saturated carbocycles. The summed E-state index contributed by atoms with van der Waals surface area (Å²) < 4.78 is 35.0. The van der Waals surface area contributed by atoms with E-state index in [0.29, 0.717) is 23.9 Å². The van der Waals surface area contributed by atoms with Gasteiger partial charge in [0.2, 0.25) is 0 Å². The van der Waals surface area contributed by atoms with E-state index in [0.717, 1.165) is 44.9 Å². The molecule has 7 nitrogen and oxygen atoms in total. The summed E-state index contributed by atoms with van der Waals surface area (Å²) >= 11 is 1.28. The van der Waals surface area contributed by atoms with Gasteiger partial charge in [0.15, 0.2) is 0 Å². The van der Waals surface area contributed by atoms with E-state index < -0.39 is 10.0 Å². The molecule has 0 N–H and O–H groups in total. The van der Waals surface area contributed by atoms with Crippen LogP contribution in [0.25, 0.3) is 0 Å². The van der Waals surface area contributed by atoms with Crippen LogP contribution >= 0.6 is 11.3 Å². The van der Waals surface area contributed by atoms with E-state index in [1.807, 2.05) is 0 Å². The highest BCUT2D eigenvalue weighted by Gasteiger charge is 2.30. The van der Waals surface area contributed by atoms with Gasteiger partial charge < -0.3 is 4.74 Å². The van der Waals surface area contributed by atoms with E-state index in [2.05, 4.69) is 16.5 Å². The summed E-state index contributed by atoms with van der Waals surface area (Å²) in [5.41, 5.74) is 3.61. The molecule has 0 aromatic carbocycles. The van der Waals surface area contributed by atoms with Gasteiger partial charge in [-0.3, -0.25) is 9.58 Å². The Labute approximate surface area is 158 Å². The molecule has 26 heavy (non-hydrogen) atoms. The summed E-state index contributed by atoms with van der Waals surface area (Å²) in [6.45, 7) is 7.62. The summed E-state index contributed by atoms with van der Waals surface area (Å²) in [7, 11) is -3.34. The fourth-order valence-corrected chi connectivity index (χ4v) is 6.21. The maximum Gasteiger partial charge on any atom is 0.252 e. The van der Waals surface area contributed by atoms with Crippen molar-refractivity contribution in [1.29, 1.82) is 0 Å². The van der Waals surface area contributed by atoms with E-state index in [1.165, 1.54) is 22.6 Å². The second kappa shape index (κ2) is 7.40. The van der Waals surface area contributed by atoms with Crippen LogP contribution in [0.5, 0.6) is 0 Å². The summed E-state index contributed by atoms with van der Waals surface area (Å²) in [5.74, 6) is 0. The Kier molecular flexibility index (Phi) is 5.15. The van der Waals surface area contributed by atoms with E-state index >= 15 is 0 Å². The molecule has 0 bridgehead atoms. The van der Waals surface area contributed by atoms with Gasteiger partial charge in [-0.1, -0.05) is 6.07 Å². The number of fused-ring (bicyclic) bond motifs is 1. The van der Waals surface area contributed by atoms with Gasteiger partial charge in [-0.2, -0.15) is 9.40 Å². The van der Waals surface area contributed by atoms with Gasteiger partial charge in [0.1, 0.15) is 4.21 Å². The molecule has 0 spiro atoms. The lowest BCUT2D eigenvalue weighted by atomic mass is 10.1. The number of aromatic nitrogens is 2. The maximum atomic E-state index is 12.6. The van der Waals surface area contributed by atoms with Crippen molar-refractivity contribution in [3.8, 4) is 0 Å². The van der Waals surface area contributed by atoms with Gasteiger partial charge in [0.25, 0.3) is 10.0 Å². The van der Waals surface area contributed by atoms with Crippen LogP contribution in [0, 0.1) is 0 Å². The molecule has 0 radical (unpaired) electrons. The topological polar surface area (TPSA) is 67.7 Å². The number of aryl methyl sites for hydroxylation is 1.